The quantitative estimate of drug-likeness (QED) is 0.674. The third-order valence-corrected chi connectivity index (χ3v) is 2.17. The van der Waals surface area contributed by atoms with Gasteiger partial charge in [0.05, 0.1) is 12.5 Å². The first-order valence-corrected chi connectivity index (χ1v) is 4.39. The van der Waals surface area contributed by atoms with Gasteiger partial charge in [-0.25, -0.2) is 0 Å². The zero-order valence-corrected chi connectivity index (χ0v) is 7.86. The van der Waals surface area contributed by atoms with Gasteiger partial charge < -0.3 is 4.42 Å². The molecule has 2 nitrogen and oxygen atoms in total. The molecule has 2 rings (SSSR count). The predicted octanol–water partition coefficient (Wildman–Crippen LogP) is 3.07. The van der Waals surface area contributed by atoms with Crippen molar-refractivity contribution >= 4 is 6.29 Å². The summed E-state index contributed by atoms with van der Waals surface area (Å²) in [5, 5.41) is 0. The maximum atomic E-state index is 10.8. The van der Waals surface area contributed by atoms with E-state index in [1.165, 1.54) is 0 Å². The molecule has 0 N–H and O–H groups in total. The SMILES string of the molecule is Cc1ccc(-c2ccoc2)c(C=O)c1. The van der Waals surface area contributed by atoms with Crippen LogP contribution in [-0.2, 0) is 0 Å². The highest BCUT2D eigenvalue weighted by molar-refractivity contribution is 5.87. The molecule has 0 atom stereocenters. The van der Waals surface area contributed by atoms with Gasteiger partial charge in [0.25, 0.3) is 0 Å². The Morgan fingerprint density at radius 1 is 1.29 bits per heavy atom. The van der Waals surface area contributed by atoms with E-state index in [1.54, 1.807) is 12.5 Å². The fourth-order valence-electron chi connectivity index (χ4n) is 1.46. The highest BCUT2D eigenvalue weighted by atomic mass is 16.3. The third-order valence-electron chi connectivity index (χ3n) is 2.17. The average Bonchev–Trinajstić information content (AvgIpc) is 2.70. The van der Waals surface area contributed by atoms with E-state index in [9.17, 15) is 4.79 Å². The molecule has 0 spiro atoms. The lowest BCUT2D eigenvalue weighted by molar-refractivity contribution is 0.112. The molecule has 0 aliphatic rings. The summed E-state index contributed by atoms with van der Waals surface area (Å²) in [6, 6.07) is 7.63. The molecular formula is C12H10O2. The molecule has 70 valence electrons. The van der Waals surface area contributed by atoms with Gasteiger partial charge in [0.1, 0.15) is 0 Å². The van der Waals surface area contributed by atoms with Crippen LogP contribution in [0.3, 0.4) is 0 Å². The van der Waals surface area contributed by atoms with Crippen LogP contribution in [0.1, 0.15) is 15.9 Å². The average molecular weight is 186 g/mol. The van der Waals surface area contributed by atoms with Crippen molar-refractivity contribution in [2.75, 3.05) is 0 Å². The van der Waals surface area contributed by atoms with Crippen molar-refractivity contribution in [1.82, 2.24) is 0 Å². The van der Waals surface area contributed by atoms with E-state index in [4.69, 9.17) is 4.42 Å². The Kier molecular flexibility index (Phi) is 2.19. The van der Waals surface area contributed by atoms with Crippen molar-refractivity contribution in [3.63, 3.8) is 0 Å². The maximum absolute atomic E-state index is 10.8. The molecule has 1 aromatic carbocycles. The summed E-state index contributed by atoms with van der Waals surface area (Å²) in [5.74, 6) is 0. The number of carbonyl (C=O) groups excluding carboxylic acids is 1. The Labute approximate surface area is 82.2 Å². The van der Waals surface area contributed by atoms with Crippen molar-refractivity contribution < 1.29 is 9.21 Å². The summed E-state index contributed by atoms with van der Waals surface area (Å²) >= 11 is 0. The summed E-state index contributed by atoms with van der Waals surface area (Å²) < 4.78 is 4.98. The molecule has 0 bridgehead atoms. The van der Waals surface area contributed by atoms with Gasteiger partial charge in [-0.2, -0.15) is 0 Å². The predicted molar refractivity (Wildman–Crippen MR) is 54.3 cm³/mol. The molecule has 0 radical (unpaired) electrons. The minimum atomic E-state index is 0.700. The first kappa shape index (κ1) is 8.75. The zero-order chi connectivity index (χ0) is 9.97. The molecule has 0 aliphatic heterocycles. The van der Waals surface area contributed by atoms with Crippen molar-refractivity contribution in [2.45, 2.75) is 6.92 Å². The number of carbonyl (C=O) groups is 1. The lowest BCUT2D eigenvalue weighted by Gasteiger charge is -2.02. The third kappa shape index (κ3) is 1.46. The minimum absolute atomic E-state index is 0.700. The molecule has 0 fully saturated rings. The molecule has 0 unspecified atom stereocenters. The van der Waals surface area contributed by atoms with Gasteiger partial charge in [-0.3, -0.25) is 4.79 Å². The molecule has 1 heterocycles. The monoisotopic (exact) mass is 186 g/mol. The molecule has 0 amide bonds. The lowest BCUT2D eigenvalue weighted by Crippen LogP contribution is -1.87. The summed E-state index contributed by atoms with van der Waals surface area (Å²) in [7, 11) is 0. The van der Waals surface area contributed by atoms with E-state index < -0.39 is 0 Å². The number of furan rings is 1. The van der Waals surface area contributed by atoms with Crippen LogP contribution in [0, 0.1) is 6.92 Å². The molecule has 1 aromatic heterocycles. The van der Waals surface area contributed by atoms with E-state index in [0.29, 0.717) is 5.56 Å². The van der Waals surface area contributed by atoms with Crippen molar-refractivity contribution in [2.24, 2.45) is 0 Å². The summed E-state index contributed by atoms with van der Waals surface area (Å²) in [6.07, 6.45) is 4.11. The molecular weight excluding hydrogens is 176 g/mol. The van der Waals surface area contributed by atoms with Crippen LogP contribution < -0.4 is 0 Å². The zero-order valence-electron chi connectivity index (χ0n) is 7.86. The van der Waals surface area contributed by atoms with Gasteiger partial charge in [-0.15, -0.1) is 0 Å². The summed E-state index contributed by atoms with van der Waals surface area (Å²) in [4.78, 5) is 10.8. The van der Waals surface area contributed by atoms with Crippen LogP contribution in [-0.4, -0.2) is 6.29 Å². The van der Waals surface area contributed by atoms with Gasteiger partial charge in [0.2, 0.25) is 0 Å². The van der Waals surface area contributed by atoms with Crippen molar-refractivity contribution in [1.29, 1.82) is 0 Å². The number of hydrogen-bond donors (Lipinski definition) is 0. The highest BCUT2D eigenvalue weighted by Gasteiger charge is 2.05. The Morgan fingerprint density at radius 2 is 2.14 bits per heavy atom. The van der Waals surface area contributed by atoms with Crippen LogP contribution in [0.25, 0.3) is 11.1 Å². The van der Waals surface area contributed by atoms with Gasteiger partial charge in [0, 0.05) is 11.1 Å². The maximum Gasteiger partial charge on any atom is 0.150 e. The number of rotatable bonds is 2. The Morgan fingerprint density at radius 3 is 2.79 bits per heavy atom. The van der Waals surface area contributed by atoms with Crippen LogP contribution in [0.15, 0.2) is 41.2 Å². The first-order chi connectivity index (χ1) is 6.81. The van der Waals surface area contributed by atoms with Crippen molar-refractivity contribution in [3.8, 4) is 11.1 Å². The highest BCUT2D eigenvalue weighted by Crippen LogP contribution is 2.23. The number of benzene rings is 1. The lowest BCUT2D eigenvalue weighted by atomic mass is 10.0. The number of hydrogen-bond acceptors (Lipinski definition) is 2. The molecule has 0 aliphatic carbocycles. The van der Waals surface area contributed by atoms with Crippen LogP contribution in [0.5, 0.6) is 0 Å². The molecule has 0 saturated carbocycles. The second kappa shape index (κ2) is 3.50. The molecule has 14 heavy (non-hydrogen) atoms. The Balaban J connectivity index is 2.58. The topological polar surface area (TPSA) is 30.2 Å². The summed E-state index contributed by atoms with van der Waals surface area (Å²) in [5.41, 5.74) is 3.64. The normalized spacial score (nSPS) is 10.1. The van der Waals surface area contributed by atoms with E-state index in [0.717, 1.165) is 23.0 Å². The second-order valence-electron chi connectivity index (χ2n) is 3.22. The number of aryl methyl sites for hydroxylation is 1. The van der Waals surface area contributed by atoms with E-state index in [-0.39, 0.29) is 0 Å². The van der Waals surface area contributed by atoms with Crippen LogP contribution in [0.2, 0.25) is 0 Å². The van der Waals surface area contributed by atoms with Gasteiger partial charge in [-0.1, -0.05) is 17.7 Å². The Bertz CT molecular complexity index is 441. The van der Waals surface area contributed by atoms with Gasteiger partial charge in [-0.05, 0) is 24.6 Å². The summed E-state index contributed by atoms with van der Waals surface area (Å²) in [6.45, 7) is 1.96. The first-order valence-electron chi connectivity index (χ1n) is 4.39. The molecule has 0 saturated heterocycles. The molecule has 2 heteroatoms. The standard InChI is InChI=1S/C12H10O2/c1-9-2-3-12(11(6-9)7-13)10-4-5-14-8-10/h2-8H,1H3. The van der Waals surface area contributed by atoms with Crippen LogP contribution >= 0.6 is 0 Å². The van der Waals surface area contributed by atoms with E-state index in [1.807, 2.05) is 31.2 Å². The fourth-order valence-corrected chi connectivity index (χ4v) is 1.46. The van der Waals surface area contributed by atoms with Crippen molar-refractivity contribution in [3.05, 3.63) is 47.9 Å². The van der Waals surface area contributed by atoms with E-state index >= 15 is 0 Å². The van der Waals surface area contributed by atoms with Gasteiger partial charge >= 0.3 is 0 Å². The Hall–Kier alpha value is -1.83. The largest absolute Gasteiger partial charge is 0.472 e. The van der Waals surface area contributed by atoms with Gasteiger partial charge in [0.15, 0.2) is 6.29 Å². The minimum Gasteiger partial charge on any atom is -0.472 e. The van der Waals surface area contributed by atoms with Crippen LogP contribution in [0.4, 0.5) is 0 Å². The molecule has 2 aromatic rings. The smallest absolute Gasteiger partial charge is 0.150 e. The van der Waals surface area contributed by atoms with E-state index in [2.05, 4.69) is 0 Å². The number of aldehydes is 1. The second-order valence-corrected chi connectivity index (χ2v) is 3.22. The fraction of sp³-hybridized carbons (Fsp3) is 0.0833.